The first-order valence-electron chi connectivity index (χ1n) is 10.7. The van der Waals surface area contributed by atoms with E-state index < -0.39 is 4.92 Å². The summed E-state index contributed by atoms with van der Waals surface area (Å²) in [5.41, 5.74) is 2.55. The third kappa shape index (κ3) is 5.07. The van der Waals surface area contributed by atoms with Crippen LogP contribution in [0.1, 0.15) is 18.3 Å². The van der Waals surface area contributed by atoms with Crippen LogP contribution in [0.25, 0.3) is 22.6 Å². The van der Waals surface area contributed by atoms with Crippen LogP contribution in [-0.4, -0.2) is 28.3 Å². The molecule has 0 aliphatic heterocycles. The molecule has 0 saturated carbocycles. The van der Waals surface area contributed by atoms with E-state index in [0.717, 1.165) is 0 Å². The fourth-order valence-electron chi connectivity index (χ4n) is 3.66. The third-order valence-corrected chi connectivity index (χ3v) is 5.96. The topological polar surface area (TPSA) is 125 Å². The van der Waals surface area contributed by atoms with Crippen LogP contribution in [0.15, 0.2) is 64.4 Å². The summed E-state index contributed by atoms with van der Waals surface area (Å²) in [6.07, 6.45) is 3.05. The molecule has 4 aromatic rings. The summed E-state index contributed by atoms with van der Waals surface area (Å²) in [6.45, 7) is 1.73. The van der Waals surface area contributed by atoms with E-state index in [1.807, 2.05) is 0 Å². The van der Waals surface area contributed by atoms with E-state index in [1.165, 1.54) is 12.4 Å². The molecule has 4 rings (SSSR count). The maximum Gasteiger partial charge on any atom is 0.276 e. The van der Waals surface area contributed by atoms with Gasteiger partial charge in [0.15, 0.2) is 0 Å². The van der Waals surface area contributed by atoms with Gasteiger partial charge in [-0.1, -0.05) is 41.4 Å². The van der Waals surface area contributed by atoms with E-state index in [4.69, 9.17) is 23.2 Å². The Bertz CT molecular complexity index is 1580. The Morgan fingerprint density at radius 3 is 2.53 bits per heavy atom. The third-order valence-electron chi connectivity index (χ3n) is 5.35. The van der Waals surface area contributed by atoms with Gasteiger partial charge in [-0.3, -0.25) is 14.9 Å². The van der Waals surface area contributed by atoms with Crippen LogP contribution in [0, 0.1) is 10.1 Å². The highest BCUT2D eigenvalue weighted by atomic mass is 35.5. The fourth-order valence-corrected chi connectivity index (χ4v) is 4.15. The van der Waals surface area contributed by atoms with Gasteiger partial charge in [-0.2, -0.15) is 0 Å². The van der Waals surface area contributed by atoms with Crippen LogP contribution in [0.2, 0.25) is 10.0 Å². The van der Waals surface area contributed by atoms with Crippen LogP contribution in [-0.2, 0) is 0 Å². The number of nitro benzene ring substituents is 1. The molecule has 0 radical (unpaired) electrons. The minimum atomic E-state index is -0.452. The van der Waals surface area contributed by atoms with Gasteiger partial charge in [0.05, 0.1) is 49.1 Å². The van der Waals surface area contributed by atoms with Crippen molar-refractivity contribution in [2.75, 3.05) is 17.7 Å². The van der Waals surface area contributed by atoms with Crippen molar-refractivity contribution in [2.45, 2.75) is 6.92 Å². The number of halogens is 2. The SMILES string of the molecule is CNc1c(NC=Nc2c(Cl)cccc2Cl)ccc2nc(/C(C)=C/c3ccccc3[N+](=O)[O-])[nH]c(=O)c12. The number of para-hydroxylation sites is 2. The lowest BCUT2D eigenvalue weighted by Crippen LogP contribution is -2.14. The average Bonchev–Trinajstić information content (AvgIpc) is 2.85. The summed E-state index contributed by atoms with van der Waals surface area (Å²) in [5.74, 6) is 0.309. The number of aromatic nitrogens is 2. The molecule has 0 amide bonds. The average molecular weight is 523 g/mol. The van der Waals surface area contributed by atoms with Crippen molar-refractivity contribution in [3.05, 3.63) is 96.5 Å². The molecule has 0 atom stereocenters. The minimum Gasteiger partial charge on any atom is -0.386 e. The number of aliphatic imine (C=N–C) groups is 1. The standard InChI is InChI=1S/C25H20Cl2N6O3/c1-14(12-15-6-3-4-9-20(15)33(35)36)24-31-18-10-11-19(23(28-2)21(18)25(34)32-24)29-13-30-22-16(26)7-5-8-17(22)27/h3-13,28H,1-2H3,(H,29,30)(H,31,32,34)/b14-12+. The van der Waals surface area contributed by atoms with Crippen molar-refractivity contribution in [1.82, 2.24) is 9.97 Å². The van der Waals surface area contributed by atoms with Gasteiger partial charge in [0.1, 0.15) is 11.5 Å². The molecule has 0 fully saturated rings. The zero-order chi connectivity index (χ0) is 25.8. The number of fused-ring (bicyclic) bond motifs is 1. The zero-order valence-electron chi connectivity index (χ0n) is 19.2. The van der Waals surface area contributed by atoms with Crippen molar-refractivity contribution in [2.24, 2.45) is 4.99 Å². The van der Waals surface area contributed by atoms with Crippen molar-refractivity contribution >= 4 is 74.8 Å². The van der Waals surface area contributed by atoms with Gasteiger partial charge in [-0.25, -0.2) is 9.98 Å². The summed E-state index contributed by atoms with van der Waals surface area (Å²) in [4.78, 5) is 35.6. The van der Waals surface area contributed by atoms with Crippen molar-refractivity contribution < 1.29 is 4.92 Å². The van der Waals surface area contributed by atoms with Crippen LogP contribution in [0.3, 0.4) is 0 Å². The zero-order valence-corrected chi connectivity index (χ0v) is 20.7. The molecule has 1 heterocycles. The number of allylic oxidation sites excluding steroid dienone is 1. The molecular formula is C25H20Cl2N6O3. The molecule has 0 saturated heterocycles. The molecule has 0 spiro atoms. The van der Waals surface area contributed by atoms with Crippen LogP contribution < -0.4 is 16.2 Å². The van der Waals surface area contributed by atoms with Crippen molar-refractivity contribution in [3.63, 3.8) is 0 Å². The Balaban J connectivity index is 1.71. The number of nitrogens with zero attached hydrogens (tertiary/aromatic N) is 3. The molecule has 3 aromatic carbocycles. The number of H-pyrrole nitrogens is 1. The monoisotopic (exact) mass is 522 g/mol. The molecule has 36 heavy (non-hydrogen) atoms. The van der Waals surface area contributed by atoms with Crippen molar-refractivity contribution in [3.8, 4) is 0 Å². The number of benzene rings is 3. The Hall–Kier alpha value is -4.21. The molecule has 3 N–H and O–H groups in total. The Morgan fingerprint density at radius 2 is 1.83 bits per heavy atom. The maximum atomic E-state index is 13.1. The van der Waals surface area contributed by atoms with Gasteiger partial charge < -0.3 is 15.6 Å². The lowest BCUT2D eigenvalue weighted by molar-refractivity contribution is -0.385. The number of anilines is 2. The number of hydrogen-bond acceptors (Lipinski definition) is 6. The Labute approximate surface area is 215 Å². The van der Waals surface area contributed by atoms with E-state index >= 15 is 0 Å². The van der Waals surface area contributed by atoms with E-state index in [9.17, 15) is 14.9 Å². The highest BCUT2D eigenvalue weighted by Crippen LogP contribution is 2.33. The van der Waals surface area contributed by atoms with Gasteiger partial charge >= 0.3 is 0 Å². The summed E-state index contributed by atoms with van der Waals surface area (Å²) in [6, 6.07) is 14.9. The quantitative estimate of drug-likeness (QED) is 0.110. The molecule has 1 aromatic heterocycles. The normalized spacial score (nSPS) is 11.7. The molecule has 0 aliphatic rings. The summed E-state index contributed by atoms with van der Waals surface area (Å²) in [7, 11) is 1.69. The summed E-state index contributed by atoms with van der Waals surface area (Å²) >= 11 is 12.3. The van der Waals surface area contributed by atoms with Gasteiger partial charge in [0.25, 0.3) is 11.2 Å². The number of rotatable bonds is 7. The second-order valence-electron chi connectivity index (χ2n) is 7.66. The molecule has 182 valence electrons. The fraction of sp³-hybridized carbons (Fsp3) is 0.0800. The van der Waals surface area contributed by atoms with E-state index in [-0.39, 0.29) is 11.2 Å². The molecule has 0 aliphatic carbocycles. The van der Waals surface area contributed by atoms with Gasteiger partial charge in [0.2, 0.25) is 0 Å². The largest absolute Gasteiger partial charge is 0.386 e. The molecule has 0 bridgehead atoms. The van der Waals surface area contributed by atoms with E-state index in [1.54, 1.807) is 68.6 Å². The maximum absolute atomic E-state index is 13.1. The second kappa shape index (κ2) is 10.6. The smallest absolute Gasteiger partial charge is 0.276 e. The Morgan fingerprint density at radius 1 is 1.11 bits per heavy atom. The first-order valence-corrected chi connectivity index (χ1v) is 11.5. The van der Waals surface area contributed by atoms with Gasteiger partial charge in [-0.15, -0.1) is 0 Å². The molecule has 11 heteroatoms. The predicted octanol–water partition coefficient (Wildman–Crippen LogP) is 6.51. The number of aromatic amines is 1. The van der Waals surface area contributed by atoms with Crippen LogP contribution in [0.4, 0.5) is 22.7 Å². The molecule has 0 unspecified atom stereocenters. The lowest BCUT2D eigenvalue weighted by atomic mass is 10.1. The first kappa shape index (κ1) is 24.9. The van der Waals surface area contributed by atoms with E-state index in [2.05, 4.69) is 25.6 Å². The molecule has 9 nitrogen and oxygen atoms in total. The highest BCUT2D eigenvalue weighted by Gasteiger charge is 2.15. The van der Waals surface area contributed by atoms with E-state index in [0.29, 0.717) is 55.0 Å². The summed E-state index contributed by atoms with van der Waals surface area (Å²) < 4.78 is 0. The highest BCUT2D eigenvalue weighted by molar-refractivity contribution is 6.38. The first-order chi connectivity index (χ1) is 17.3. The lowest BCUT2D eigenvalue weighted by Gasteiger charge is -2.12. The van der Waals surface area contributed by atoms with Gasteiger partial charge in [0, 0.05) is 13.1 Å². The second-order valence-corrected chi connectivity index (χ2v) is 8.48. The number of hydrogen-bond donors (Lipinski definition) is 3. The van der Waals surface area contributed by atoms with Crippen LogP contribution >= 0.6 is 23.2 Å². The molecular weight excluding hydrogens is 503 g/mol. The van der Waals surface area contributed by atoms with Crippen molar-refractivity contribution in [1.29, 1.82) is 0 Å². The van der Waals surface area contributed by atoms with Crippen LogP contribution in [0.5, 0.6) is 0 Å². The number of nitro groups is 1. The predicted molar refractivity (Wildman–Crippen MR) is 147 cm³/mol. The minimum absolute atomic E-state index is 0.0343. The Kier molecular flexibility index (Phi) is 7.33. The van der Waals surface area contributed by atoms with Gasteiger partial charge in [-0.05, 0) is 48.9 Å². The summed E-state index contributed by atoms with van der Waals surface area (Å²) in [5, 5.41) is 18.6. The number of nitrogens with one attached hydrogen (secondary N) is 3.